The summed E-state index contributed by atoms with van der Waals surface area (Å²) >= 11 is 0. The molecule has 1 aliphatic rings. The fourth-order valence-electron chi connectivity index (χ4n) is 2.53. The Labute approximate surface area is 136 Å². The van der Waals surface area contributed by atoms with Crippen LogP contribution in [0.15, 0.2) is 12.1 Å². The number of aliphatic hydroxyl groups is 1. The summed E-state index contributed by atoms with van der Waals surface area (Å²) in [6.07, 6.45) is 1.61. The second kappa shape index (κ2) is 6.71. The first kappa shape index (κ1) is 17.5. The van der Waals surface area contributed by atoms with Crippen molar-refractivity contribution in [1.29, 1.82) is 0 Å². The zero-order chi connectivity index (χ0) is 17.2. The number of ether oxygens (including phenoxy) is 2. The van der Waals surface area contributed by atoms with Gasteiger partial charge in [-0.15, -0.1) is 0 Å². The minimum atomic E-state index is -0.678. The number of carbonyl (C=O) groups is 2. The van der Waals surface area contributed by atoms with E-state index in [1.54, 1.807) is 19.1 Å². The molecule has 0 saturated heterocycles. The van der Waals surface area contributed by atoms with E-state index in [0.29, 0.717) is 11.3 Å². The van der Waals surface area contributed by atoms with Gasteiger partial charge in [-0.3, -0.25) is 9.59 Å². The zero-order valence-corrected chi connectivity index (χ0v) is 14.1. The van der Waals surface area contributed by atoms with Crippen LogP contribution >= 0.6 is 0 Å². The third-order valence-corrected chi connectivity index (χ3v) is 4.21. The molecule has 126 valence electrons. The number of esters is 1. The highest BCUT2D eigenvalue weighted by Crippen LogP contribution is 2.36. The van der Waals surface area contributed by atoms with Gasteiger partial charge in [0.1, 0.15) is 12.4 Å². The molecule has 0 spiro atoms. The van der Waals surface area contributed by atoms with Crippen LogP contribution in [0, 0.1) is 19.8 Å². The van der Waals surface area contributed by atoms with Crippen LogP contribution < -0.4 is 4.74 Å². The van der Waals surface area contributed by atoms with Crippen molar-refractivity contribution in [3.05, 3.63) is 28.8 Å². The molecule has 1 aromatic rings. The Balaban J connectivity index is 2.11. The summed E-state index contributed by atoms with van der Waals surface area (Å²) in [4.78, 5) is 23.8. The number of Topliss-reactive ketones (excluding diaryl/α,β-unsaturated/α-hetero) is 1. The molecule has 23 heavy (non-hydrogen) atoms. The average molecular weight is 320 g/mol. The Morgan fingerprint density at radius 2 is 1.83 bits per heavy atom. The van der Waals surface area contributed by atoms with Crippen LogP contribution in [0.1, 0.15) is 47.7 Å². The SMILES string of the molecule is COC(=O)CC(C)C(=O)c1cc(C)c(OCC2(O)CC2)c(C)c1. The van der Waals surface area contributed by atoms with Gasteiger partial charge in [-0.25, -0.2) is 0 Å². The molecular formula is C18H24O5. The quantitative estimate of drug-likeness (QED) is 0.617. The Hall–Kier alpha value is -1.88. The van der Waals surface area contributed by atoms with Crippen molar-refractivity contribution in [2.45, 2.75) is 45.6 Å². The van der Waals surface area contributed by atoms with Gasteiger partial charge in [0.15, 0.2) is 5.78 Å². The lowest BCUT2D eigenvalue weighted by molar-refractivity contribution is -0.141. The van der Waals surface area contributed by atoms with Crippen molar-refractivity contribution in [2.24, 2.45) is 5.92 Å². The number of carbonyl (C=O) groups excluding carboxylic acids is 2. The molecule has 5 nitrogen and oxygen atoms in total. The molecule has 0 radical (unpaired) electrons. The summed E-state index contributed by atoms with van der Waals surface area (Å²) in [7, 11) is 1.31. The van der Waals surface area contributed by atoms with Gasteiger partial charge in [0.05, 0.1) is 19.1 Å². The monoisotopic (exact) mass is 320 g/mol. The number of hydrogen-bond donors (Lipinski definition) is 1. The summed E-state index contributed by atoms with van der Waals surface area (Å²) in [5.74, 6) is -0.200. The first-order valence-corrected chi connectivity index (χ1v) is 7.83. The molecule has 1 aromatic carbocycles. The van der Waals surface area contributed by atoms with Crippen molar-refractivity contribution >= 4 is 11.8 Å². The highest BCUT2D eigenvalue weighted by molar-refractivity contribution is 5.99. The number of ketones is 1. The molecular weight excluding hydrogens is 296 g/mol. The van der Waals surface area contributed by atoms with Gasteiger partial charge in [-0.2, -0.15) is 0 Å². The van der Waals surface area contributed by atoms with Gasteiger partial charge in [0.2, 0.25) is 0 Å². The molecule has 0 amide bonds. The Kier molecular flexibility index (Phi) is 5.09. The number of rotatable bonds is 7. The smallest absolute Gasteiger partial charge is 0.306 e. The summed E-state index contributed by atoms with van der Waals surface area (Å²) in [5.41, 5.74) is 1.59. The molecule has 1 N–H and O–H groups in total. The van der Waals surface area contributed by atoms with Crippen LogP contribution in [0.4, 0.5) is 0 Å². The predicted octanol–water partition coefficient (Wildman–Crippen LogP) is 2.59. The van der Waals surface area contributed by atoms with Gasteiger partial charge >= 0.3 is 5.97 Å². The second-order valence-corrected chi connectivity index (χ2v) is 6.50. The van der Waals surface area contributed by atoms with Gasteiger partial charge in [0, 0.05) is 11.5 Å². The molecule has 1 unspecified atom stereocenters. The van der Waals surface area contributed by atoms with E-state index < -0.39 is 17.5 Å². The third kappa shape index (κ3) is 4.32. The van der Waals surface area contributed by atoms with Crippen LogP contribution in [-0.4, -0.2) is 36.2 Å². The standard InChI is InChI=1S/C18H24O5/c1-11(9-15(19)22-4)16(20)14-7-12(2)17(13(3)8-14)23-10-18(21)5-6-18/h7-8,11,21H,5-6,9-10H2,1-4H3. The molecule has 0 heterocycles. The molecule has 0 aliphatic heterocycles. The molecule has 1 saturated carbocycles. The Morgan fingerprint density at radius 3 is 2.30 bits per heavy atom. The van der Waals surface area contributed by atoms with E-state index in [1.807, 2.05) is 13.8 Å². The van der Waals surface area contributed by atoms with Crippen LogP contribution in [0.25, 0.3) is 0 Å². The fraction of sp³-hybridized carbons (Fsp3) is 0.556. The molecule has 1 aliphatic carbocycles. The van der Waals surface area contributed by atoms with Crippen molar-refractivity contribution in [3.8, 4) is 5.75 Å². The molecule has 1 fully saturated rings. The largest absolute Gasteiger partial charge is 0.490 e. The van der Waals surface area contributed by atoms with E-state index in [1.165, 1.54) is 7.11 Å². The lowest BCUT2D eigenvalue weighted by atomic mass is 9.94. The second-order valence-electron chi connectivity index (χ2n) is 6.50. The molecule has 2 rings (SSSR count). The van der Waals surface area contributed by atoms with Gasteiger partial charge < -0.3 is 14.6 Å². The van der Waals surface area contributed by atoms with E-state index in [9.17, 15) is 14.7 Å². The first-order chi connectivity index (χ1) is 10.8. The summed E-state index contributed by atoms with van der Waals surface area (Å²) in [6.45, 7) is 5.75. The summed E-state index contributed by atoms with van der Waals surface area (Å²) < 4.78 is 10.3. The average Bonchev–Trinajstić information content (AvgIpc) is 3.23. The van der Waals surface area contributed by atoms with Crippen LogP contribution in [0.2, 0.25) is 0 Å². The molecule has 0 aromatic heterocycles. The van der Waals surface area contributed by atoms with E-state index >= 15 is 0 Å². The van der Waals surface area contributed by atoms with Crippen molar-refractivity contribution in [1.82, 2.24) is 0 Å². The number of methoxy groups -OCH3 is 1. The maximum absolute atomic E-state index is 12.5. The van der Waals surface area contributed by atoms with Crippen LogP contribution in [0.3, 0.4) is 0 Å². The molecule has 5 heteroatoms. The summed E-state index contributed by atoms with van der Waals surface area (Å²) in [5, 5.41) is 9.87. The minimum Gasteiger partial charge on any atom is -0.490 e. The van der Waals surface area contributed by atoms with Crippen molar-refractivity contribution in [2.75, 3.05) is 13.7 Å². The van der Waals surface area contributed by atoms with Crippen LogP contribution in [-0.2, 0) is 9.53 Å². The van der Waals surface area contributed by atoms with Crippen LogP contribution in [0.5, 0.6) is 5.75 Å². The van der Waals surface area contributed by atoms with E-state index in [4.69, 9.17) is 4.74 Å². The van der Waals surface area contributed by atoms with Gasteiger partial charge in [-0.05, 0) is 49.9 Å². The zero-order valence-electron chi connectivity index (χ0n) is 14.1. The number of benzene rings is 1. The maximum atomic E-state index is 12.5. The normalized spacial score (nSPS) is 16.6. The van der Waals surface area contributed by atoms with E-state index in [0.717, 1.165) is 24.0 Å². The third-order valence-electron chi connectivity index (χ3n) is 4.21. The lowest BCUT2D eigenvalue weighted by Crippen LogP contribution is -2.20. The first-order valence-electron chi connectivity index (χ1n) is 7.83. The highest BCUT2D eigenvalue weighted by Gasteiger charge is 2.41. The Morgan fingerprint density at radius 1 is 1.26 bits per heavy atom. The lowest BCUT2D eigenvalue weighted by Gasteiger charge is -2.17. The number of hydrogen-bond acceptors (Lipinski definition) is 5. The topological polar surface area (TPSA) is 72.8 Å². The molecule has 0 bridgehead atoms. The number of aryl methyl sites for hydroxylation is 2. The van der Waals surface area contributed by atoms with Gasteiger partial charge in [-0.1, -0.05) is 6.92 Å². The van der Waals surface area contributed by atoms with E-state index in [2.05, 4.69) is 4.74 Å². The maximum Gasteiger partial charge on any atom is 0.306 e. The van der Waals surface area contributed by atoms with Crippen molar-refractivity contribution < 1.29 is 24.2 Å². The van der Waals surface area contributed by atoms with Gasteiger partial charge in [0.25, 0.3) is 0 Å². The Bertz CT molecular complexity index is 593. The minimum absolute atomic E-state index is 0.0682. The van der Waals surface area contributed by atoms with E-state index in [-0.39, 0.29) is 18.8 Å². The van der Waals surface area contributed by atoms with Crippen molar-refractivity contribution in [3.63, 3.8) is 0 Å². The predicted molar refractivity (Wildman–Crippen MR) is 85.7 cm³/mol. The highest BCUT2D eigenvalue weighted by atomic mass is 16.5. The summed E-state index contributed by atoms with van der Waals surface area (Å²) in [6, 6.07) is 3.55. The molecule has 1 atom stereocenters. The fourth-order valence-corrected chi connectivity index (χ4v) is 2.53.